The van der Waals surface area contributed by atoms with Gasteiger partial charge in [0.05, 0.1) is 18.5 Å². The van der Waals surface area contributed by atoms with Gasteiger partial charge in [-0.05, 0) is 48.6 Å². The molecule has 34 heavy (non-hydrogen) atoms. The van der Waals surface area contributed by atoms with E-state index in [9.17, 15) is 15.0 Å². The quantitative estimate of drug-likeness (QED) is 0.371. The smallest absolute Gasteiger partial charge is 0.326 e. The molecular formula is C26H27N5O3. The number of nitrogens with zero attached hydrogens (tertiary/aromatic N) is 4. The average molecular weight is 458 g/mol. The van der Waals surface area contributed by atoms with Gasteiger partial charge in [0.15, 0.2) is 5.65 Å². The molecule has 0 unspecified atom stereocenters. The third kappa shape index (κ3) is 4.73. The Morgan fingerprint density at radius 3 is 2.71 bits per heavy atom. The number of aliphatic hydroxyl groups is 1. The fourth-order valence-electron chi connectivity index (χ4n) is 3.59. The van der Waals surface area contributed by atoms with Gasteiger partial charge in [-0.2, -0.15) is 0 Å². The minimum absolute atomic E-state index is 0.322. The summed E-state index contributed by atoms with van der Waals surface area (Å²) in [4.78, 5) is 24.6. The van der Waals surface area contributed by atoms with Crippen LogP contribution >= 0.6 is 0 Å². The van der Waals surface area contributed by atoms with Gasteiger partial charge in [0.1, 0.15) is 5.54 Å². The number of aliphatic carboxylic acids is 1. The largest absolute Gasteiger partial charge is 0.480 e. The first kappa shape index (κ1) is 23.3. The van der Waals surface area contributed by atoms with E-state index in [0.29, 0.717) is 6.54 Å². The van der Waals surface area contributed by atoms with Crippen LogP contribution in [-0.4, -0.2) is 47.7 Å². The van der Waals surface area contributed by atoms with Gasteiger partial charge in [0.2, 0.25) is 0 Å². The third-order valence-corrected chi connectivity index (χ3v) is 6.07. The van der Waals surface area contributed by atoms with Crippen LogP contribution in [0.5, 0.6) is 0 Å². The van der Waals surface area contributed by atoms with E-state index < -0.39 is 18.1 Å². The predicted molar refractivity (Wildman–Crippen MR) is 131 cm³/mol. The molecule has 0 saturated heterocycles. The van der Waals surface area contributed by atoms with Crippen LogP contribution in [0.15, 0.2) is 55.4 Å². The molecule has 0 radical (unpaired) electrons. The van der Waals surface area contributed by atoms with Gasteiger partial charge in [0, 0.05) is 43.1 Å². The topological polar surface area (TPSA) is 113 Å². The van der Waals surface area contributed by atoms with Crippen molar-refractivity contribution in [1.29, 1.82) is 0 Å². The van der Waals surface area contributed by atoms with Crippen molar-refractivity contribution in [3.8, 4) is 11.3 Å². The van der Waals surface area contributed by atoms with Crippen LogP contribution in [0, 0.1) is 13.8 Å². The van der Waals surface area contributed by atoms with E-state index in [1.165, 1.54) is 6.92 Å². The summed E-state index contributed by atoms with van der Waals surface area (Å²) in [5.41, 5.74) is 6.24. The van der Waals surface area contributed by atoms with Gasteiger partial charge < -0.3 is 14.6 Å². The maximum atomic E-state index is 11.4. The summed E-state index contributed by atoms with van der Waals surface area (Å²) in [5.74, 6) is -1.09. The lowest BCUT2D eigenvalue weighted by atomic mass is 9.99. The summed E-state index contributed by atoms with van der Waals surface area (Å²) in [5, 5.41) is 21.7. The minimum Gasteiger partial charge on any atom is -0.480 e. The van der Waals surface area contributed by atoms with Gasteiger partial charge in [0.25, 0.3) is 0 Å². The summed E-state index contributed by atoms with van der Waals surface area (Å²) in [7, 11) is 0. The highest BCUT2D eigenvalue weighted by Gasteiger charge is 2.31. The fraction of sp³-hybridized carbons (Fsp3) is 0.231. The Labute approximate surface area is 197 Å². The summed E-state index contributed by atoms with van der Waals surface area (Å²) in [6.45, 7) is 5.37. The maximum absolute atomic E-state index is 11.4. The molecular weight excluding hydrogens is 430 g/mol. The van der Waals surface area contributed by atoms with E-state index in [1.807, 2.05) is 73.4 Å². The molecule has 3 heterocycles. The van der Waals surface area contributed by atoms with Crippen molar-refractivity contribution in [2.24, 2.45) is 0 Å². The average Bonchev–Trinajstić information content (AvgIpc) is 3.31. The first-order valence-corrected chi connectivity index (χ1v) is 10.9. The number of nitrogens with one attached hydrogen (secondary N) is 1. The van der Waals surface area contributed by atoms with Gasteiger partial charge in [-0.1, -0.05) is 30.4 Å². The van der Waals surface area contributed by atoms with Gasteiger partial charge in [-0.3, -0.25) is 20.1 Å². The van der Waals surface area contributed by atoms with Crippen molar-refractivity contribution in [2.45, 2.75) is 32.9 Å². The fourth-order valence-corrected chi connectivity index (χ4v) is 3.59. The molecule has 0 aliphatic rings. The van der Waals surface area contributed by atoms with E-state index in [1.54, 1.807) is 12.4 Å². The Morgan fingerprint density at radius 1 is 1.15 bits per heavy atom. The number of carbonyl (C=O) groups is 1. The van der Waals surface area contributed by atoms with Crippen molar-refractivity contribution >= 4 is 23.8 Å². The molecule has 3 aromatic heterocycles. The Balaban J connectivity index is 1.58. The second-order valence-electron chi connectivity index (χ2n) is 8.54. The van der Waals surface area contributed by atoms with E-state index in [2.05, 4.69) is 20.3 Å². The van der Waals surface area contributed by atoms with Crippen molar-refractivity contribution in [3.05, 3.63) is 83.2 Å². The number of aryl methyl sites for hydroxylation is 1. The molecule has 174 valence electrons. The summed E-state index contributed by atoms with van der Waals surface area (Å²) in [6.07, 6.45) is 15.0. The monoisotopic (exact) mass is 457 g/mol. The number of imidazole rings is 1. The molecule has 0 aliphatic heterocycles. The highest BCUT2D eigenvalue weighted by atomic mass is 16.4. The summed E-state index contributed by atoms with van der Waals surface area (Å²) in [6, 6.07) is 5.96. The van der Waals surface area contributed by atoms with E-state index in [-0.39, 0.29) is 0 Å². The maximum Gasteiger partial charge on any atom is 0.326 e. The number of fused-ring (bicyclic) bond motifs is 1. The number of pyridine rings is 1. The lowest BCUT2D eigenvalue weighted by Crippen LogP contribution is -2.52. The lowest BCUT2D eigenvalue weighted by Gasteiger charge is -2.24. The highest BCUT2D eigenvalue weighted by molar-refractivity contribution is 5.78. The standard InChI is InChI=1S/C26H27N5O3/c1-17-4-5-19(11-30-26(3,16-32)25(33)34)10-20(17)6-7-21-12-27-13-22(18(21)2)23-15-31-9-8-28-24(31)14-29-23/h4-10,12-15,30,32H,11,16H2,1-3H3,(H,33,34)/b7-6+/t26-/m0/s1. The number of aliphatic hydroxyl groups excluding tert-OH is 1. The molecule has 0 saturated carbocycles. The zero-order valence-electron chi connectivity index (χ0n) is 19.4. The molecule has 1 atom stereocenters. The van der Waals surface area contributed by atoms with Crippen LogP contribution in [0.4, 0.5) is 0 Å². The number of carboxylic acid groups (broad SMARTS) is 1. The highest BCUT2D eigenvalue weighted by Crippen LogP contribution is 2.25. The molecule has 0 amide bonds. The van der Waals surface area contributed by atoms with Gasteiger partial charge >= 0.3 is 5.97 Å². The van der Waals surface area contributed by atoms with Crippen molar-refractivity contribution < 1.29 is 15.0 Å². The number of aromatic nitrogens is 4. The molecule has 3 N–H and O–H groups in total. The molecule has 8 nitrogen and oxygen atoms in total. The van der Waals surface area contributed by atoms with Crippen LogP contribution in [0.3, 0.4) is 0 Å². The molecule has 0 fully saturated rings. The summed E-state index contributed by atoms with van der Waals surface area (Å²) < 4.78 is 1.93. The molecule has 4 aromatic rings. The molecule has 1 aromatic carbocycles. The number of benzene rings is 1. The first-order valence-electron chi connectivity index (χ1n) is 10.9. The first-order chi connectivity index (χ1) is 16.3. The Morgan fingerprint density at radius 2 is 1.94 bits per heavy atom. The Bertz CT molecular complexity index is 1380. The molecule has 0 spiro atoms. The number of rotatable bonds is 8. The Hall–Kier alpha value is -3.88. The van der Waals surface area contributed by atoms with E-state index in [4.69, 9.17) is 0 Å². The van der Waals surface area contributed by atoms with Crippen LogP contribution in [-0.2, 0) is 11.3 Å². The second kappa shape index (κ2) is 9.54. The molecule has 4 rings (SSSR count). The molecule has 0 bridgehead atoms. The van der Waals surface area contributed by atoms with Crippen LogP contribution in [0.2, 0.25) is 0 Å². The van der Waals surface area contributed by atoms with E-state index >= 15 is 0 Å². The van der Waals surface area contributed by atoms with Crippen LogP contribution < -0.4 is 5.32 Å². The normalized spacial score (nSPS) is 13.4. The zero-order chi connectivity index (χ0) is 24.3. The van der Waals surface area contributed by atoms with Gasteiger partial charge in [-0.25, -0.2) is 4.98 Å². The third-order valence-electron chi connectivity index (χ3n) is 6.07. The summed E-state index contributed by atoms with van der Waals surface area (Å²) >= 11 is 0. The van der Waals surface area contributed by atoms with Crippen molar-refractivity contribution in [1.82, 2.24) is 24.7 Å². The van der Waals surface area contributed by atoms with Crippen molar-refractivity contribution in [2.75, 3.05) is 6.61 Å². The minimum atomic E-state index is -1.39. The van der Waals surface area contributed by atoms with Gasteiger partial charge in [-0.15, -0.1) is 0 Å². The molecule has 0 aliphatic carbocycles. The SMILES string of the molecule is Cc1ccc(CN[C@@](C)(CO)C(=O)O)cc1/C=C/c1cncc(-c2cn3ccnc3cn2)c1C. The van der Waals surface area contributed by atoms with Crippen LogP contribution in [0.25, 0.3) is 29.1 Å². The zero-order valence-corrected chi connectivity index (χ0v) is 19.4. The molecule has 8 heteroatoms. The Kier molecular flexibility index (Phi) is 6.54. The van der Waals surface area contributed by atoms with Crippen molar-refractivity contribution in [3.63, 3.8) is 0 Å². The second-order valence-corrected chi connectivity index (χ2v) is 8.54. The lowest BCUT2D eigenvalue weighted by molar-refractivity contribution is -0.145. The number of carboxylic acids is 1. The number of hydrogen-bond acceptors (Lipinski definition) is 6. The van der Waals surface area contributed by atoms with Crippen LogP contribution in [0.1, 0.15) is 34.7 Å². The number of hydrogen-bond donors (Lipinski definition) is 3. The van der Waals surface area contributed by atoms with E-state index in [0.717, 1.165) is 44.7 Å². The predicted octanol–water partition coefficient (Wildman–Crippen LogP) is 3.50.